The summed E-state index contributed by atoms with van der Waals surface area (Å²) >= 11 is 0. The fourth-order valence-electron chi connectivity index (χ4n) is 8.10. The molecule has 1 atom stereocenters. The Kier molecular flexibility index (Phi) is 16.7. The van der Waals surface area contributed by atoms with Gasteiger partial charge in [0.1, 0.15) is 8.07 Å². The maximum absolute atomic E-state index is 3.98. The van der Waals surface area contributed by atoms with E-state index in [1.807, 2.05) is 0 Å². The third-order valence-corrected chi connectivity index (χ3v) is 17.0. The van der Waals surface area contributed by atoms with Crippen molar-refractivity contribution in [2.45, 2.75) is 170 Å². The monoisotopic (exact) mass is 876 g/mol. The van der Waals surface area contributed by atoms with Crippen LogP contribution in [0.3, 0.4) is 0 Å². The molecule has 0 aliphatic heterocycles. The van der Waals surface area contributed by atoms with Crippen molar-refractivity contribution < 1.29 is 58.9 Å². The Balaban J connectivity index is 0.00000406. The minimum absolute atomic E-state index is 0. The van der Waals surface area contributed by atoms with Crippen LogP contribution < -0.4 is 52.8 Å². The van der Waals surface area contributed by atoms with E-state index in [4.69, 9.17) is 0 Å². The molecular weight excluding hydrogens is 807 g/mol. The summed E-state index contributed by atoms with van der Waals surface area (Å²) in [7, 11) is -3.07. The van der Waals surface area contributed by atoms with Crippen molar-refractivity contribution in [3.63, 3.8) is 0 Å². The molecular formula is C52H71Cl3SiTi. The largest absolute Gasteiger partial charge is 4.00 e. The average molecular weight is 878 g/mol. The molecule has 0 aromatic heterocycles. The van der Waals surface area contributed by atoms with E-state index in [1.165, 1.54) is 65.6 Å². The maximum Gasteiger partial charge on any atom is 4.00 e. The maximum atomic E-state index is 3.98. The van der Waals surface area contributed by atoms with Crippen molar-refractivity contribution in [2.24, 2.45) is 0 Å². The molecule has 0 heterocycles. The van der Waals surface area contributed by atoms with Crippen molar-refractivity contribution >= 4 is 23.6 Å². The van der Waals surface area contributed by atoms with Gasteiger partial charge in [0.25, 0.3) is 0 Å². The SMILES string of the molecule is CC1=[C-]c2ccccc2C1[Si](c1cc(C(C)(C)C)cc(C(C)(C)C)c1)(c1cc(C(C)(C)C)cc(C(C)(C)C)c1)c1cc(C(C)(C)C)cc(C(C)(C)C)c1.[Cl-].[Cl-].[Cl-].[Ti+4]. The van der Waals surface area contributed by atoms with Gasteiger partial charge in [-0.25, -0.2) is 0 Å². The summed E-state index contributed by atoms with van der Waals surface area (Å²) in [6.07, 6.45) is 3.98. The molecule has 4 aromatic rings. The number of hydrogen-bond donors (Lipinski definition) is 0. The zero-order valence-electron chi connectivity index (χ0n) is 38.7. The minimum atomic E-state index is -3.07. The number of fused-ring (bicyclic) bond motifs is 1. The van der Waals surface area contributed by atoms with Gasteiger partial charge < -0.3 is 37.2 Å². The topological polar surface area (TPSA) is 0 Å². The van der Waals surface area contributed by atoms with E-state index in [-0.39, 0.29) is 97.0 Å². The number of halogens is 3. The third kappa shape index (κ3) is 10.8. The number of allylic oxidation sites excluding steroid dienone is 1. The van der Waals surface area contributed by atoms with Gasteiger partial charge in [-0.05, 0) is 87.0 Å². The molecule has 0 spiro atoms. The molecule has 308 valence electrons. The predicted octanol–water partition coefficient (Wildman–Crippen LogP) is 3.39. The van der Waals surface area contributed by atoms with Gasteiger partial charge in [-0.2, -0.15) is 17.7 Å². The summed E-state index contributed by atoms with van der Waals surface area (Å²) in [6.45, 7) is 45.4. The first-order chi connectivity index (χ1) is 23.9. The molecule has 0 saturated heterocycles. The first-order valence-electron chi connectivity index (χ1n) is 20.1. The van der Waals surface area contributed by atoms with Crippen molar-refractivity contribution in [3.8, 4) is 0 Å². The number of rotatable bonds is 4. The predicted molar refractivity (Wildman–Crippen MR) is 237 cm³/mol. The molecule has 57 heavy (non-hydrogen) atoms. The van der Waals surface area contributed by atoms with E-state index in [1.54, 1.807) is 0 Å². The zero-order valence-corrected chi connectivity index (χ0v) is 43.5. The van der Waals surface area contributed by atoms with Gasteiger partial charge in [0.15, 0.2) is 0 Å². The summed E-state index contributed by atoms with van der Waals surface area (Å²) in [5.41, 5.74) is 12.6. The summed E-state index contributed by atoms with van der Waals surface area (Å²) in [4.78, 5) is 0. The van der Waals surface area contributed by atoms with E-state index in [0.29, 0.717) is 0 Å². The quantitative estimate of drug-likeness (QED) is 0.168. The van der Waals surface area contributed by atoms with Crippen LogP contribution in [-0.2, 0) is 54.2 Å². The van der Waals surface area contributed by atoms with Crippen LogP contribution in [0.2, 0.25) is 0 Å². The molecule has 0 saturated carbocycles. The second-order valence-corrected chi connectivity index (χ2v) is 26.5. The molecule has 0 radical (unpaired) electrons. The standard InChI is InChI=1S/C52H71Si.3ClH.Ti/c1-34-24-35-22-20-21-23-45(35)46(34)53(42-28-36(47(2,3)4)25-37(29-42)48(5,6)7,43-30-38(49(8,9)10)26-39(31-43)50(11,12)13)44-32-40(51(14,15)16)27-41(33-44)52(17,18)19;;;;/h20-23,25-33,46H,1-19H3;3*1H;/q-1;;;;+4/p-3. The van der Waals surface area contributed by atoms with E-state index >= 15 is 0 Å². The van der Waals surface area contributed by atoms with Crippen LogP contribution in [0.4, 0.5) is 0 Å². The molecule has 1 aliphatic carbocycles. The Hall–Kier alpha value is -1.58. The second kappa shape index (κ2) is 17.8. The van der Waals surface area contributed by atoms with Gasteiger partial charge in [0.2, 0.25) is 0 Å². The molecule has 5 rings (SSSR count). The second-order valence-electron chi connectivity index (χ2n) is 22.5. The Morgan fingerprint density at radius 2 is 0.649 bits per heavy atom. The van der Waals surface area contributed by atoms with Gasteiger partial charge in [0, 0.05) is 0 Å². The van der Waals surface area contributed by atoms with Crippen molar-refractivity contribution in [1.29, 1.82) is 0 Å². The van der Waals surface area contributed by atoms with Gasteiger partial charge in [-0.1, -0.05) is 192 Å². The Labute approximate surface area is 384 Å². The average Bonchev–Trinajstić information content (AvgIpc) is 3.34. The molecule has 1 unspecified atom stereocenters. The van der Waals surface area contributed by atoms with Gasteiger partial charge in [-0.3, -0.25) is 0 Å². The molecule has 0 amide bonds. The first-order valence-corrected chi connectivity index (χ1v) is 22.2. The normalized spacial score (nSPS) is 15.0. The molecule has 0 fully saturated rings. The Morgan fingerprint density at radius 3 is 0.895 bits per heavy atom. The summed E-state index contributed by atoms with van der Waals surface area (Å²) < 4.78 is 0. The van der Waals surface area contributed by atoms with Crippen LogP contribution in [0.1, 0.15) is 182 Å². The van der Waals surface area contributed by atoms with Crippen LogP contribution in [0.15, 0.2) is 84.4 Å². The molecule has 0 nitrogen and oxygen atoms in total. The molecule has 1 aliphatic rings. The fraction of sp³-hybridized carbons (Fsp3) is 0.500. The number of hydrogen-bond acceptors (Lipinski definition) is 0. The van der Waals surface area contributed by atoms with Crippen molar-refractivity contribution in [2.75, 3.05) is 0 Å². The summed E-state index contributed by atoms with van der Waals surface area (Å²) in [5, 5.41) is 4.53. The van der Waals surface area contributed by atoms with Crippen molar-refractivity contribution in [3.05, 3.63) is 135 Å². The summed E-state index contributed by atoms with van der Waals surface area (Å²) in [5.74, 6) is 0. The van der Waals surface area contributed by atoms with E-state index in [9.17, 15) is 0 Å². The zero-order chi connectivity index (χ0) is 39.9. The van der Waals surface area contributed by atoms with Crippen LogP contribution in [0.25, 0.3) is 0 Å². The molecule has 0 N–H and O–H groups in total. The van der Waals surface area contributed by atoms with Crippen LogP contribution >= 0.6 is 0 Å². The molecule has 4 aromatic carbocycles. The van der Waals surface area contributed by atoms with Gasteiger partial charge in [-0.15, -0.1) is 23.3 Å². The minimum Gasteiger partial charge on any atom is -1.00 e. The smallest absolute Gasteiger partial charge is 1.00 e. The van der Waals surface area contributed by atoms with Crippen molar-refractivity contribution in [1.82, 2.24) is 0 Å². The Bertz CT molecular complexity index is 1770. The third-order valence-electron chi connectivity index (χ3n) is 11.8. The Morgan fingerprint density at radius 1 is 0.404 bits per heavy atom. The van der Waals surface area contributed by atoms with Gasteiger partial charge in [0.05, 0.1) is 0 Å². The van der Waals surface area contributed by atoms with Gasteiger partial charge >= 0.3 is 21.7 Å². The first kappa shape index (κ1) is 53.4. The van der Waals surface area contributed by atoms with E-state index in [0.717, 1.165) is 0 Å². The van der Waals surface area contributed by atoms with Crippen LogP contribution in [0, 0.1) is 6.08 Å². The molecule has 0 bridgehead atoms. The van der Waals surface area contributed by atoms with E-state index < -0.39 is 8.07 Å². The summed E-state index contributed by atoms with van der Waals surface area (Å²) in [6, 6.07) is 32.6. The number of benzene rings is 4. The molecule has 5 heteroatoms. The van der Waals surface area contributed by atoms with E-state index in [2.05, 4.69) is 216 Å². The van der Waals surface area contributed by atoms with Crippen LogP contribution in [-0.4, -0.2) is 8.07 Å². The fourth-order valence-corrected chi connectivity index (χ4v) is 13.8. The van der Waals surface area contributed by atoms with Crippen LogP contribution in [0.5, 0.6) is 0 Å².